The van der Waals surface area contributed by atoms with Gasteiger partial charge in [0.1, 0.15) is 195 Å². The van der Waals surface area contributed by atoms with Crippen molar-refractivity contribution in [3.8, 4) is 0 Å². The van der Waals surface area contributed by atoms with Crippen LogP contribution in [0, 0.1) is 0 Å². The minimum absolute atomic E-state index is 0.533. The van der Waals surface area contributed by atoms with E-state index in [4.69, 9.17) is 85.8 Å². The molecule has 52 nitrogen and oxygen atoms in total. The van der Waals surface area contributed by atoms with Gasteiger partial charge in [-0.2, -0.15) is 0 Å². The third-order valence-corrected chi connectivity index (χ3v) is 20.5. The molecule has 1 unspecified atom stereocenters. The van der Waals surface area contributed by atoms with E-state index >= 15 is 0 Å². The Labute approximate surface area is 624 Å². The Kier molecular flexibility index (Phi) is 33.3. The second-order valence-corrected chi connectivity index (χ2v) is 28.6. The average molecular weight is 1660 g/mol. The lowest BCUT2D eigenvalue weighted by Gasteiger charge is -2.53. The molecule has 0 spiro atoms. The maximum atomic E-state index is 13.9. The first-order chi connectivity index (χ1) is 52.2. The van der Waals surface area contributed by atoms with Crippen LogP contribution in [0.1, 0.15) is 19.8 Å². The van der Waals surface area contributed by atoms with Gasteiger partial charge in [-0.1, -0.05) is 0 Å². The van der Waals surface area contributed by atoms with Gasteiger partial charge in [0, 0.05) is 26.3 Å². The van der Waals surface area contributed by atoms with Crippen LogP contribution in [-0.2, 0) is 99.0 Å². The van der Waals surface area contributed by atoms with Gasteiger partial charge in [0.25, 0.3) is 11.6 Å². The zero-order chi connectivity index (χ0) is 82.5. The number of phosphoric ester groups is 1. The Bertz CT molecular complexity index is 2980. The molecule has 0 saturated carbocycles. The van der Waals surface area contributed by atoms with Gasteiger partial charge in [-0.15, -0.1) is 0 Å². The van der Waals surface area contributed by atoms with Crippen LogP contribution < -0.4 is 11.1 Å². The largest absolute Gasteiger partial charge is 0.477 e. The predicted molar refractivity (Wildman–Crippen MR) is 334 cm³/mol. The lowest BCUT2D eigenvalue weighted by molar-refractivity contribution is -0.419. The summed E-state index contributed by atoms with van der Waals surface area (Å²) in [6.07, 6.45) is -97.2. The number of aliphatic hydroxyl groups is 26. The quantitative estimate of drug-likeness (QED) is 0.0266. The van der Waals surface area contributed by atoms with Gasteiger partial charge >= 0.3 is 19.8 Å². The van der Waals surface area contributed by atoms with E-state index in [-0.39, 0.29) is 0 Å². The van der Waals surface area contributed by atoms with Gasteiger partial charge in [-0.25, -0.2) is 14.2 Å². The second-order valence-electron chi connectivity index (χ2n) is 27.2. The second kappa shape index (κ2) is 39.6. The number of carbonyl (C=O) groups excluding carboxylic acids is 1. The Morgan fingerprint density at radius 3 is 1.38 bits per heavy atom. The fourth-order valence-electron chi connectivity index (χ4n) is 13.7. The fourth-order valence-corrected chi connectivity index (χ4v) is 14.6. The number of nitrogens with one attached hydrogen (secondary N) is 1. The molecule has 8 aliphatic heterocycles. The first-order valence-electron chi connectivity index (χ1n) is 34.4. The Morgan fingerprint density at radius 1 is 0.450 bits per heavy atom. The molecule has 646 valence electrons. The first kappa shape index (κ1) is 93.3. The van der Waals surface area contributed by atoms with Gasteiger partial charge in [-0.05, 0) is 0 Å². The third-order valence-electron chi connectivity index (χ3n) is 19.5. The maximum Gasteiger partial charge on any atom is 0.472 e. The normalized spacial score (nSPS) is 47.0. The number of hydrogen-bond donors (Lipinski definition) is 31. The summed E-state index contributed by atoms with van der Waals surface area (Å²) in [4.78, 5) is 50.3. The van der Waals surface area contributed by atoms with Crippen molar-refractivity contribution in [2.75, 3.05) is 66.0 Å². The number of rotatable bonds is 34. The van der Waals surface area contributed by atoms with E-state index in [1.165, 1.54) is 0 Å². The number of amides is 1. The highest BCUT2D eigenvalue weighted by molar-refractivity contribution is 7.47. The van der Waals surface area contributed by atoms with Crippen molar-refractivity contribution in [3.05, 3.63) is 0 Å². The van der Waals surface area contributed by atoms with Crippen molar-refractivity contribution in [3.63, 3.8) is 0 Å². The molecular formula is C58H99N2O50P. The summed E-state index contributed by atoms with van der Waals surface area (Å²) in [5.41, 5.74) is 5.51. The highest BCUT2D eigenvalue weighted by Crippen LogP contribution is 2.49. The van der Waals surface area contributed by atoms with Crippen molar-refractivity contribution in [1.82, 2.24) is 5.32 Å². The van der Waals surface area contributed by atoms with Gasteiger partial charge < -0.3 is 230 Å². The minimum Gasteiger partial charge on any atom is -0.477 e. The zero-order valence-corrected chi connectivity index (χ0v) is 59.0. The molecule has 0 radical (unpaired) electrons. The number of nitrogens with two attached hydrogens (primary N) is 1. The molecule has 0 aromatic rings. The molecule has 53 heteroatoms. The van der Waals surface area contributed by atoms with E-state index in [9.17, 15) is 167 Å². The summed E-state index contributed by atoms with van der Waals surface area (Å²) in [6.45, 7) is -11.1. The molecule has 32 N–H and O–H groups in total. The van der Waals surface area contributed by atoms with E-state index in [1.807, 2.05) is 0 Å². The van der Waals surface area contributed by atoms with Crippen molar-refractivity contribution in [2.24, 2.45) is 5.73 Å². The fraction of sp³-hybridized carbons (Fsp3) is 0.948. The van der Waals surface area contributed by atoms with E-state index < -0.39 is 361 Å². The molecule has 8 aliphatic rings. The molecule has 8 fully saturated rings. The van der Waals surface area contributed by atoms with Crippen molar-refractivity contribution in [1.29, 1.82) is 0 Å². The molecule has 0 aliphatic carbocycles. The SMILES string of the molecule is CC(=O)N[C@H]1[C@@H](O[C@@H]2[C@@H](O[C@@H]3[C@H](O)[C@@H](O[C@H]4[C@@H]([C@H](O)CO)O[C@@](O)(C(=O)O)C[C@H]4O[C@]4(C(=O)O)C[C@@H](O)[C@@H](O)[C@@H]([C@H](O)CO)O4)O[C@H]([C@@H](O)CO)[C@H]3O[C@@H]3O[C@H](CO)[C@@H](O[C@@H]4O[C@H](CO)[C@H](O[C@@H]5O[C@H](CO)[C@H](O)[C@H](O)[C@H]5O)[C@H](O)[C@H]4O)[C@H](O)[C@H]3O)O[C@H]([C@@H](O)CO)[C@@H](O)[C@@H]2OP(=O)(O)OCCN)O[C@H](CO)[C@@H](O)[C@@H]1O. The number of hydrogen-bond acceptors (Lipinski definition) is 48. The lowest BCUT2D eigenvalue weighted by atomic mass is 9.89. The summed E-state index contributed by atoms with van der Waals surface area (Å²) in [5.74, 6) is -13.0. The standard InChI is InChI=1S/C58H99N2O50P/c1-14(69)60-25-29(78)27(76)21(10-65)95-49(25)106-48-46(110-111(92,93)94-3-2-59)36(85)38(16(71)6-61)99-54(48)104-45-37(86)53(103-44-20(5-57(91,55(87)88)108-41(44)19(74)9-64)107-58(56(89)90)4-15(70)26(75)39(109-58)17(72)7-62)100-40(18(73)8-63)47(45)105-52-35(84)32(81)43(24(13-68)98-52)102-51-34(83)31(80)42(23(12-67)97-51)101-50-33(82)30(79)28(77)22(11-66)96-50/h15-54,61-68,70-86,91H,2-13,59H2,1H3,(H,60,69)(H,87,88)(H,89,90)(H,92,93)/t15-,16+,17-,18+,19-,20-,21-,22-,23-,24-,25-,26-,27-,28+,29-,30+,31-,32-,33-,34-,35-,36-,37+,38-,39-,40-,41-,42+,43-,44-,45-,46+,47-,48+,49-,50+,51+,52+,53-,54-,57-,58-/m1/s1. The van der Waals surface area contributed by atoms with Crippen molar-refractivity contribution >= 4 is 25.7 Å². The molecule has 8 saturated heterocycles. The van der Waals surface area contributed by atoms with Crippen LogP contribution in [0.3, 0.4) is 0 Å². The summed E-state index contributed by atoms with van der Waals surface area (Å²) in [5, 5.41) is 311. The average Bonchev–Trinajstić information content (AvgIpc) is 0.747. The van der Waals surface area contributed by atoms with Crippen LogP contribution in [0.2, 0.25) is 0 Å². The Balaban J connectivity index is 1.25. The smallest absolute Gasteiger partial charge is 0.472 e. The topological polar surface area (TPSA) is 850 Å². The van der Waals surface area contributed by atoms with Crippen LogP contribution >= 0.6 is 7.82 Å². The predicted octanol–water partition coefficient (Wildman–Crippen LogP) is -19.8. The molecular weight excluding hydrogens is 1560 g/mol. The number of carboxylic acid groups (broad SMARTS) is 2. The third kappa shape index (κ3) is 20.4. The van der Waals surface area contributed by atoms with Crippen LogP contribution in [-0.4, -0.2) is 489 Å². The number of carbonyl (C=O) groups is 3. The van der Waals surface area contributed by atoms with Gasteiger partial charge in [0.15, 0.2) is 37.7 Å². The monoisotopic (exact) mass is 1650 g/mol. The number of aliphatic carboxylic acids is 2. The van der Waals surface area contributed by atoms with E-state index in [2.05, 4.69) is 5.32 Å². The maximum absolute atomic E-state index is 13.9. The van der Waals surface area contributed by atoms with Gasteiger partial charge in [0.05, 0.1) is 71.7 Å². The minimum atomic E-state index is -5.76. The molecule has 0 bridgehead atoms. The van der Waals surface area contributed by atoms with E-state index in [0.717, 1.165) is 6.92 Å². The van der Waals surface area contributed by atoms with Crippen molar-refractivity contribution in [2.45, 2.75) is 277 Å². The molecule has 0 aromatic heterocycles. The molecule has 111 heavy (non-hydrogen) atoms. The highest BCUT2D eigenvalue weighted by atomic mass is 31.2. The summed E-state index contributed by atoms with van der Waals surface area (Å²) in [7, 11) is -5.76. The van der Waals surface area contributed by atoms with Gasteiger partial charge in [0.2, 0.25) is 5.91 Å². The molecule has 8 heterocycles. The van der Waals surface area contributed by atoms with Gasteiger partial charge in [-0.3, -0.25) is 13.8 Å². The molecule has 1 amide bonds. The summed E-state index contributed by atoms with van der Waals surface area (Å²) in [6, 6.07) is -2.07. The van der Waals surface area contributed by atoms with Crippen LogP contribution in [0.25, 0.3) is 0 Å². The number of carboxylic acids is 2. The molecule has 43 atom stereocenters. The Morgan fingerprint density at radius 2 is 0.883 bits per heavy atom. The highest BCUT2D eigenvalue weighted by Gasteiger charge is 2.65. The number of phosphoric acid groups is 1. The number of aliphatic hydroxyl groups excluding tert-OH is 25. The Hall–Kier alpha value is -3.16. The summed E-state index contributed by atoms with van der Waals surface area (Å²) < 4.78 is 112. The zero-order valence-electron chi connectivity index (χ0n) is 58.1. The van der Waals surface area contributed by atoms with Crippen LogP contribution in [0.4, 0.5) is 0 Å². The number of ether oxygens (including phenoxy) is 15. The van der Waals surface area contributed by atoms with Crippen molar-refractivity contribution < 1.29 is 247 Å². The lowest BCUT2D eigenvalue weighted by Crippen LogP contribution is -2.71. The molecule has 8 rings (SSSR count). The molecule has 0 aromatic carbocycles. The van der Waals surface area contributed by atoms with E-state index in [1.54, 1.807) is 0 Å². The van der Waals surface area contributed by atoms with E-state index in [0.29, 0.717) is 0 Å². The summed E-state index contributed by atoms with van der Waals surface area (Å²) >= 11 is 0. The van der Waals surface area contributed by atoms with Crippen LogP contribution in [0.5, 0.6) is 0 Å². The first-order valence-corrected chi connectivity index (χ1v) is 35.8. The van der Waals surface area contributed by atoms with Crippen LogP contribution in [0.15, 0.2) is 0 Å².